The fraction of sp³-hybridized carbons (Fsp3) is 0.833. The van der Waals surface area contributed by atoms with Crippen LogP contribution in [0, 0.1) is 0 Å². The molecule has 1 aliphatic heterocycles. The molecule has 1 fully saturated rings. The number of carbonyl (C=O) groups is 2. The lowest BCUT2D eigenvalue weighted by molar-refractivity contribution is -0.128. The number of ether oxygens (including phenoxy) is 1. The van der Waals surface area contributed by atoms with Crippen molar-refractivity contribution in [3.8, 4) is 0 Å². The van der Waals surface area contributed by atoms with Gasteiger partial charge in [0.25, 0.3) is 0 Å². The molecule has 0 aromatic heterocycles. The molecule has 0 saturated carbocycles. The fourth-order valence-electron chi connectivity index (χ4n) is 1.79. The van der Waals surface area contributed by atoms with Crippen LogP contribution in [0.5, 0.6) is 0 Å². The van der Waals surface area contributed by atoms with Gasteiger partial charge in [-0.3, -0.25) is 4.79 Å². The first kappa shape index (κ1) is 14.8. The highest BCUT2D eigenvalue weighted by Gasteiger charge is 2.25. The van der Waals surface area contributed by atoms with Crippen LogP contribution in [0.2, 0.25) is 0 Å². The predicted molar refractivity (Wildman–Crippen MR) is 66.1 cm³/mol. The van der Waals surface area contributed by atoms with Crippen LogP contribution in [-0.4, -0.2) is 53.3 Å². The molecule has 1 rings (SSSR count). The molecule has 1 atom stereocenters. The van der Waals surface area contributed by atoms with Gasteiger partial charge in [0.1, 0.15) is 5.60 Å². The van der Waals surface area contributed by atoms with E-state index in [1.807, 2.05) is 0 Å². The Morgan fingerprint density at radius 3 is 2.67 bits per heavy atom. The zero-order chi connectivity index (χ0) is 13.8. The first-order chi connectivity index (χ1) is 8.31. The molecule has 2 N–H and O–H groups in total. The van der Waals surface area contributed by atoms with Crippen LogP contribution in [0.1, 0.15) is 33.6 Å². The number of nitrogens with one attached hydrogen (secondary N) is 1. The standard InChI is InChI=1S/C12H22N2O4/c1-12(2,3)18-11(17)13-9(8-15)7-14-6-4-5-10(14)16/h9,15H,4-8H2,1-3H3,(H,13,17). The summed E-state index contributed by atoms with van der Waals surface area (Å²) < 4.78 is 5.10. The fourth-order valence-corrected chi connectivity index (χ4v) is 1.79. The maximum atomic E-state index is 11.5. The number of aliphatic hydroxyl groups is 1. The highest BCUT2D eigenvalue weighted by atomic mass is 16.6. The Morgan fingerprint density at radius 1 is 1.56 bits per heavy atom. The van der Waals surface area contributed by atoms with Gasteiger partial charge in [-0.1, -0.05) is 0 Å². The van der Waals surface area contributed by atoms with Crippen molar-refractivity contribution in [2.24, 2.45) is 0 Å². The average molecular weight is 258 g/mol. The Balaban J connectivity index is 2.42. The summed E-state index contributed by atoms with van der Waals surface area (Å²) in [4.78, 5) is 24.6. The normalized spacial score (nSPS) is 17.8. The van der Waals surface area contributed by atoms with Crippen molar-refractivity contribution in [3.63, 3.8) is 0 Å². The molecule has 0 aromatic rings. The summed E-state index contributed by atoms with van der Waals surface area (Å²) in [6, 6.07) is -0.484. The maximum absolute atomic E-state index is 11.5. The van der Waals surface area contributed by atoms with Crippen molar-refractivity contribution in [2.45, 2.75) is 45.3 Å². The van der Waals surface area contributed by atoms with Crippen LogP contribution in [0.15, 0.2) is 0 Å². The summed E-state index contributed by atoms with van der Waals surface area (Å²) in [5, 5.41) is 11.8. The van der Waals surface area contributed by atoms with Crippen LogP contribution in [0.4, 0.5) is 4.79 Å². The Labute approximate surface area is 107 Å². The second kappa shape index (κ2) is 6.04. The van der Waals surface area contributed by atoms with Gasteiger partial charge in [-0.15, -0.1) is 0 Å². The van der Waals surface area contributed by atoms with Gasteiger partial charge in [-0.05, 0) is 27.2 Å². The zero-order valence-electron chi connectivity index (χ0n) is 11.2. The van der Waals surface area contributed by atoms with Gasteiger partial charge in [-0.2, -0.15) is 0 Å². The lowest BCUT2D eigenvalue weighted by Crippen LogP contribution is -2.47. The van der Waals surface area contributed by atoms with Gasteiger partial charge in [0, 0.05) is 19.5 Å². The highest BCUT2D eigenvalue weighted by Crippen LogP contribution is 2.10. The van der Waals surface area contributed by atoms with Crippen LogP contribution in [0.3, 0.4) is 0 Å². The molecule has 1 saturated heterocycles. The summed E-state index contributed by atoms with van der Waals surface area (Å²) in [5.41, 5.74) is -0.576. The van der Waals surface area contributed by atoms with Crippen molar-refractivity contribution in [1.29, 1.82) is 0 Å². The van der Waals surface area contributed by atoms with Crippen molar-refractivity contribution in [3.05, 3.63) is 0 Å². The minimum Gasteiger partial charge on any atom is -0.444 e. The highest BCUT2D eigenvalue weighted by molar-refractivity contribution is 5.78. The first-order valence-electron chi connectivity index (χ1n) is 6.20. The lowest BCUT2D eigenvalue weighted by Gasteiger charge is -2.25. The van der Waals surface area contributed by atoms with Crippen molar-refractivity contribution in [2.75, 3.05) is 19.7 Å². The summed E-state index contributed by atoms with van der Waals surface area (Å²) in [6.45, 7) is 6.10. The van der Waals surface area contributed by atoms with Crippen molar-refractivity contribution in [1.82, 2.24) is 10.2 Å². The Kier molecular flexibility index (Phi) is 4.95. The molecular weight excluding hydrogens is 236 g/mol. The third-order valence-corrected chi connectivity index (χ3v) is 2.55. The molecule has 1 heterocycles. The number of likely N-dealkylation sites (tertiary alicyclic amines) is 1. The van der Waals surface area contributed by atoms with E-state index >= 15 is 0 Å². The molecule has 0 bridgehead atoms. The zero-order valence-corrected chi connectivity index (χ0v) is 11.2. The van der Waals surface area contributed by atoms with Crippen LogP contribution in [-0.2, 0) is 9.53 Å². The Hall–Kier alpha value is -1.30. The predicted octanol–water partition coefficient (Wildman–Crippen LogP) is 0.494. The van der Waals surface area contributed by atoms with Gasteiger partial charge in [0.2, 0.25) is 5.91 Å². The van der Waals surface area contributed by atoms with Gasteiger partial charge < -0.3 is 20.1 Å². The van der Waals surface area contributed by atoms with E-state index < -0.39 is 17.7 Å². The molecule has 6 heteroatoms. The number of alkyl carbamates (subject to hydrolysis) is 1. The summed E-state index contributed by atoms with van der Waals surface area (Å²) in [7, 11) is 0. The number of aliphatic hydroxyl groups excluding tert-OH is 1. The Morgan fingerprint density at radius 2 is 2.22 bits per heavy atom. The van der Waals surface area contributed by atoms with Gasteiger partial charge in [-0.25, -0.2) is 4.79 Å². The number of carbonyl (C=O) groups excluding carboxylic acids is 2. The van der Waals surface area contributed by atoms with Crippen LogP contribution >= 0.6 is 0 Å². The molecule has 0 aromatic carbocycles. The molecule has 0 aliphatic carbocycles. The lowest BCUT2D eigenvalue weighted by atomic mass is 10.2. The molecular formula is C12H22N2O4. The number of hydrogen-bond donors (Lipinski definition) is 2. The average Bonchev–Trinajstić information content (AvgIpc) is 2.60. The number of nitrogens with zero attached hydrogens (tertiary/aromatic N) is 1. The maximum Gasteiger partial charge on any atom is 0.408 e. The third kappa shape index (κ3) is 4.91. The second-order valence-electron chi connectivity index (χ2n) is 5.47. The number of hydrogen-bond acceptors (Lipinski definition) is 4. The van der Waals surface area contributed by atoms with Crippen LogP contribution in [0.25, 0.3) is 0 Å². The van der Waals surface area contributed by atoms with E-state index in [4.69, 9.17) is 4.74 Å². The smallest absolute Gasteiger partial charge is 0.408 e. The second-order valence-corrected chi connectivity index (χ2v) is 5.47. The summed E-state index contributed by atoms with van der Waals surface area (Å²) >= 11 is 0. The molecule has 0 spiro atoms. The van der Waals surface area contributed by atoms with Crippen LogP contribution < -0.4 is 5.32 Å². The van der Waals surface area contributed by atoms with E-state index in [1.54, 1.807) is 25.7 Å². The van der Waals surface area contributed by atoms with E-state index in [1.165, 1.54) is 0 Å². The molecule has 1 aliphatic rings. The largest absolute Gasteiger partial charge is 0.444 e. The van der Waals surface area contributed by atoms with E-state index in [2.05, 4.69) is 5.32 Å². The van der Waals surface area contributed by atoms with E-state index in [0.717, 1.165) is 6.42 Å². The van der Waals surface area contributed by atoms with E-state index in [0.29, 0.717) is 19.5 Å². The minimum absolute atomic E-state index is 0.0689. The summed E-state index contributed by atoms with van der Waals surface area (Å²) in [5.74, 6) is 0.0689. The minimum atomic E-state index is -0.576. The molecule has 0 radical (unpaired) electrons. The first-order valence-corrected chi connectivity index (χ1v) is 6.20. The molecule has 6 nitrogen and oxygen atoms in total. The number of amides is 2. The summed E-state index contributed by atoms with van der Waals surface area (Å²) in [6.07, 6.45) is 0.807. The van der Waals surface area contributed by atoms with E-state index in [-0.39, 0.29) is 12.5 Å². The van der Waals surface area contributed by atoms with E-state index in [9.17, 15) is 14.7 Å². The topological polar surface area (TPSA) is 78.9 Å². The molecule has 2 amide bonds. The molecule has 1 unspecified atom stereocenters. The van der Waals surface area contributed by atoms with Gasteiger partial charge in [0.05, 0.1) is 12.6 Å². The SMILES string of the molecule is CC(C)(C)OC(=O)NC(CO)CN1CCCC1=O. The van der Waals surface area contributed by atoms with Crippen molar-refractivity contribution < 1.29 is 19.4 Å². The number of rotatable bonds is 4. The quantitative estimate of drug-likeness (QED) is 0.769. The van der Waals surface area contributed by atoms with Gasteiger partial charge >= 0.3 is 6.09 Å². The molecule has 18 heavy (non-hydrogen) atoms. The Bertz CT molecular complexity index is 312. The molecule has 104 valence electrons. The third-order valence-electron chi connectivity index (χ3n) is 2.55. The monoisotopic (exact) mass is 258 g/mol. The van der Waals surface area contributed by atoms with Gasteiger partial charge in [0.15, 0.2) is 0 Å². The van der Waals surface area contributed by atoms with Crippen molar-refractivity contribution >= 4 is 12.0 Å².